The van der Waals surface area contributed by atoms with E-state index in [1.807, 2.05) is 11.6 Å². The Hall–Kier alpha value is -0.900. The molecule has 7 nitrogen and oxygen atoms in total. The molecule has 1 unspecified atom stereocenters. The van der Waals surface area contributed by atoms with Crippen LogP contribution in [0.3, 0.4) is 0 Å². The Labute approximate surface area is 154 Å². The van der Waals surface area contributed by atoms with Gasteiger partial charge in [0.05, 0.1) is 18.7 Å². The van der Waals surface area contributed by atoms with Crippen LogP contribution in [0, 0.1) is 6.92 Å². The van der Waals surface area contributed by atoms with Crippen molar-refractivity contribution in [1.82, 2.24) is 25.4 Å². The number of aliphatic hydroxyl groups is 1. The summed E-state index contributed by atoms with van der Waals surface area (Å²) in [6, 6.07) is 0.294. The van der Waals surface area contributed by atoms with Crippen LogP contribution in [-0.2, 0) is 13.0 Å². The van der Waals surface area contributed by atoms with E-state index in [9.17, 15) is 5.11 Å². The third-order valence-corrected chi connectivity index (χ3v) is 4.46. The van der Waals surface area contributed by atoms with Crippen molar-refractivity contribution in [3.8, 4) is 0 Å². The third-order valence-electron chi connectivity index (χ3n) is 4.46. The number of hydrogen-bond acceptors (Lipinski definition) is 4. The first-order valence-electron chi connectivity index (χ1n) is 8.25. The van der Waals surface area contributed by atoms with Gasteiger partial charge in [0.25, 0.3) is 0 Å². The molecule has 8 heteroatoms. The van der Waals surface area contributed by atoms with Gasteiger partial charge in [-0.1, -0.05) is 0 Å². The maximum atomic E-state index is 10.2. The van der Waals surface area contributed by atoms with Crippen LogP contribution in [0.25, 0.3) is 0 Å². The zero-order valence-corrected chi connectivity index (χ0v) is 16.2. The Morgan fingerprint density at radius 1 is 1.48 bits per heavy atom. The van der Waals surface area contributed by atoms with Crippen LogP contribution >= 0.6 is 24.0 Å². The molecule has 0 bridgehead atoms. The number of aryl methyl sites for hydroxylation is 2. The Kier molecular flexibility index (Phi) is 6.24. The maximum Gasteiger partial charge on any atom is 0.191 e. The van der Waals surface area contributed by atoms with Crippen molar-refractivity contribution in [1.29, 1.82) is 0 Å². The van der Waals surface area contributed by atoms with Crippen molar-refractivity contribution in [3.05, 3.63) is 11.6 Å². The van der Waals surface area contributed by atoms with Crippen molar-refractivity contribution < 1.29 is 5.11 Å². The number of guanidine groups is 1. The van der Waals surface area contributed by atoms with Gasteiger partial charge in [-0.15, -0.1) is 24.0 Å². The second-order valence-corrected chi connectivity index (χ2v) is 6.41. The number of aromatic nitrogens is 3. The van der Waals surface area contributed by atoms with Gasteiger partial charge in [-0.25, -0.2) is 9.67 Å². The number of halogens is 1. The zero-order chi connectivity index (χ0) is 15.6. The molecule has 3 N–H and O–H groups in total. The Balaban J connectivity index is 0.00000192. The summed E-state index contributed by atoms with van der Waals surface area (Å²) in [5, 5.41) is 21.3. The van der Waals surface area contributed by atoms with Gasteiger partial charge in [-0.05, 0) is 39.5 Å². The zero-order valence-electron chi connectivity index (χ0n) is 13.9. The molecule has 1 aliphatic carbocycles. The van der Waals surface area contributed by atoms with E-state index in [-0.39, 0.29) is 24.0 Å². The molecule has 1 aromatic heterocycles. The largest absolute Gasteiger partial charge is 0.388 e. The SMILES string of the molecule is CCNC(=NCC1(O)CCC1)NC1CCc2nc(C)nn2C1.I. The predicted octanol–water partition coefficient (Wildman–Crippen LogP) is 0.989. The van der Waals surface area contributed by atoms with Gasteiger partial charge in [0.15, 0.2) is 5.96 Å². The van der Waals surface area contributed by atoms with Gasteiger partial charge in [0, 0.05) is 19.0 Å². The topological polar surface area (TPSA) is 87.4 Å². The Bertz CT molecular complexity index is 554. The molecule has 3 rings (SSSR count). The van der Waals surface area contributed by atoms with Crippen LogP contribution in [0.4, 0.5) is 0 Å². The lowest BCUT2D eigenvalue weighted by atomic mass is 9.80. The van der Waals surface area contributed by atoms with Crippen LogP contribution in [0.5, 0.6) is 0 Å². The van der Waals surface area contributed by atoms with E-state index in [0.29, 0.717) is 12.6 Å². The molecule has 2 heterocycles. The van der Waals surface area contributed by atoms with Crippen molar-refractivity contribution in [2.24, 2.45) is 4.99 Å². The summed E-state index contributed by atoms with van der Waals surface area (Å²) in [7, 11) is 0. The summed E-state index contributed by atoms with van der Waals surface area (Å²) < 4.78 is 1.99. The van der Waals surface area contributed by atoms with Crippen molar-refractivity contribution >= 4 is 29.9 Å². The summed E-state index contributed by atoms with van der Waals surface area (Å²) in [5.74, 6) is 2.69. The highest BCUT2D eigenvalue weighted by Crippen LogP contribution is 2.31. The highest BCUT2D eigenvalue weighted by Gasteiger charge is 2.34. The first-order chi connectivity index (χ1) is 10.6. The number of rotatable bonds is 4. The van der Waals surface area contributed by atoms with E-state index in [4.69, 9.17) is 0 Å². The Morgan fingerprint density at radius 2 is 2.26 bits per heavy atom. The third kappa shape index (κ3) is 4.56. The van der Waals surface area contributed by atoms with E-state index >= 15 is 0 Å². The van der Waals surface area contributed by atoms with Crippen molar-refractivity contribution in [3.63, 3.8) is 0 Å². The summed E-state index contributed by atoms with van der Waals surface area (Å²) in [5.41, 5.74) is -0.578. The minimum atomic E-state index is -0.578. The molecule has 1 atom stereocenters. The van der Waals surface area contributed by atoms with E-state index in [0.717, 1.165) is 62.8 Å². The number of nitrogens with zero attached hydrogens (tertiary/aromatic N) is 4. The molecule has 130 valence electrons. The maximum absolute atomic E-state index is 10.2. The van der Waals surface area contributed by atoms with E-state index in [2.05, 4.69) is 32.6 Å². The summed E-state index contributed by atoms with van der Waals surface area (Å²) in [6.45, 7) is 6.08. The lowest BCUT2D eigenvalue weighted by molar-refractivity contribution is -0.0236. The van der Waals surface area contributed by atoms with Crippen molar-refractivity contribution in [2.75, 3.05) is 13.1 Å². The standard InChI is InChI=1S/C15H26N6O.HI/c1-3-16-14(17-10-15(22)7-4-8-15)19-12-5-6-13-18-11(2)20-21(13)9-12;/h12,22H,3-10H2,1-2H3,(H2,16,17,19);1H. The average molecular weight is 434 g/mol. The molecular formula is C15H27IN6O. The number of nitrogens with one attached hydrogen (secondary N) is 2. The van der Waals surface area contributed by atoms with E-state index in [1.165, 1.54) is 0 Å². The number of hydrogen-bond donors (Lipinski definition) is 3. The quantitative estimate of drug-likeness (QED) is 0.374. The lowest BCUT2D eigenvalue weighted by Gasteiger charge is -2.35. The Morgan fingerprint density at radius 3 is 2.91 bits per heavy atom. The number of aliphatic imine (C=N–C) groups is 1. The van der Waals surface area contributed by atoms with Gasteiger partial charge in [0.1, 0.15) is 11.6 Å². The van der Waals surface area contributed by atoms with Gasteiger partial charge < -0.3 is 15.7 Å². The second-order valence-electron chi connectivity index (χ2n) is 6.41. The van der Waals surface area contributed by atoms with Crippen LogP contribution in [0.2, 0.25) is 0 Å². The fraction of sp³-hybridized carbons (Fsp3) is 0.800. The number of fused-ring (bicyclic) bond motifs is 1. The molecule has 1 saturated carbocycles. The first kappa shape index (κ1) is 18.4. The summed E-state index contributed by atoms with van der Waals surface area (Å²) in [4.78, 5) is 9.00. The minimum Gasteiger partial charge on any atom is -0.388 e. The second kappa shape index (κ2) is 7.78. The highest BCUT2D eigenvalue weighted by molar-refractivity contribution is 14.0. The molecule has 0 amide bonds. The molecule has 0 radical (unpaired) electrons. The first-order valence-corrected chi connectivity index (χ1v) is 8.25. The molecule has 0 saturated heterocycles. The molecule has 23 heavy (non-hydrogen) atoms. The van der Waals surface area contributed by atoms with Gasteiger partial charge in [-0.3, -0.25) is 4.99 Å². The molecule has 0 spiro atoms. The molecule has 0 aromatic carbocycles. The molecule has 1 fully saturated rings. The van der Waals surface area contributed by atoms with E-state index < -0.39 is 5.60 Å². The van der Waals surface area contributed by atoms with Gasteiger partial charge >= 0.3 is 0 Å². The summed E-state index contributed by atoms with van der Waals surface area (Å²) >= 11 is 0. The highest BCUT2D eigenvalue weighted by atomic mass is 127. The smallest absolute Gasteiger partial charge is 0.191 e. The fourth-order valence-corrected chi connectivity index (χ4v) is 3.03. The minimum absolute atomic E-state index is 0. The van der Waals surface area contributed by atoms with E-state index in [1.54, 1.807) is 0 Å². The lowest BCUT2D eigenvalue weighted by Crippen LogP contribution is -2.48. The van der Waals surface area contributed by atoms with Gasteiger partial charge in [-0.2, -0.15) is 5.10 Å². The van der Waals surface area contributed by atoms with Crippen LogP contribution < -0.4 is 10.6 Å². The molecule has 2 aliphatic rings. The van der Waals surface area contributed by atoms with Crippen molar-refractivity contribution in [2.45, 2.75) is 64.1 Å². The van der Waals surface area contributed by atoms with Crippen LogP contribution in [-0.4, -0.2) is 50.6 Å². The fourth-order valence-electron chi connectivity index (χ4n) is 3.03. The normalized spacial score (nSPS) is 22.6. The molecular weight excluding hydrogens is 407 g/mol. The molecule has 1 aromatic rings. The summed E-state index contributed by atoms with van der Waals surface area (Å²) in [6.07, 6.45) is 4.78. The predicted molar refractivity (Wildman–Crippen MR) is 100 cm³/mol. The van der Waals surface area contributed by atoms with Crippen LogP contribution in [0.1, 0.15) is 44.3 Å². The van der Waals surface area contributed by atoms with Crippen LogP contribution in [0.15, 0.2) is 4.99 Å². The monoisotopic (exact) mass is 434 g/mol. The molecule has 1 aliphatic heterocycles. The average Bonchev–Trinajstić information content (AvgIpc) is 2.82. The van der Waals surface area contributed by atoms with Gasteiger partial charge in [0.2, 0.25) is 0 Å².